The normalized spacial score (nSPS) is 28.7. The number of ether oxygens (including phenoxy) is 1. The second-order valence-corrected chi connectivity index (χ2v) is 4.73. The van der Waals surface area contributed by atoms with Crippen LogP contribution in [0.25, 0.3) is 0 Å². The number of esters is 1. The molecule has 1 rings (SSSR count). The molecule has 1 saturated carbocycles. The highest BCUT2D eigenvalue weighted by atomic mass is 16.5. The molecular formula is C12H21NO4. The molecule has 1 aliphatic rings. The van der Waals surface area contributed by atoms with Gasteiger partial charge in [-0.1, -0.05) is 6.92 Å². The second-order valence-electron chi connectivity index (χ2n) is 4.73. The highest BCUT2D eigenvalue weighted by molar-refractivity contribution is 5.80. The zero-order chi connectivity index (χ0) is 12.9. The summed E-state index contributed by atoms with van der Waals surface area (Å²) in [5.41, 5.74) is -0.945. The fraction of sp³-hybridized carbons (Fsp3) is 0.833. The average Bonchev–Trinajstić information content (AvgIpc) is 2.29. The number of rotatable bonds is 5. The topological polar surface area (TPSA) is 75.6 Å². The van der Waals surface area contributed by atoms with Crippen LogP contribution in [0.5, 0.6) is 0 Å². The minimum absolute atomic E-state index is 0.0332. The van der Waals surface area contributed by atoms with Crippen LogP contribution in [-0.4, -0.2) is 35.7 Å². The second kappa shape index (κ2) is 6.00. The molecule has 5 heteroatoms. The van der Waals surface area contributed by atoms with Crippen LogP contribution in [0, 0.1) is 5.92 Å². The summed E-state index contributed by atoms with van der Waals surface area (Å²) in [6.07, 6.45) is 2.90. The monoisotopic (exact) mass is 243 g/mol. The molecule has 1 aliphatic carbocycles. The first-order chi connectivity index (χ1) is 8.00. The molecule has 0 unspecified atom stereocenters. The summed E-state index contributed by atoms with van der Waals surface area (Å²) in [6.45, 7) is 4.14. The lowest BCUT2D eigenvalue weighted by molar-refractivity contribution is -0.148. The number of carboxylic acids is 1. The van der Waals surface area contributed by atoms with E-state index in [4.69, 9.17) is 4.74 Å². The van der Waals surface area contributed by atoms with Gasteiger partial charge in [-0.2, -0.15) is 0 Å². The van der Waals surface area contributed by atoms with Crippen molar-refractivity contribution < 1.29 is 19.4 Å². The maximum atomic E-state index is 11.3. The van der Waals surface area contributed by atoms with Crippen LogP contribution < -0.4 is 5.32 Å². The molecule has 0 aromatic heterocycles. The van der Waals surface area contributed by atoms with E-state index in [-0.39, 0.29) is 6.54 Å². The molecule has 0 aliphatic heterocycles. The molecule has 0 aromatic rings. The van der Waals surface area contributed by atoms with Crippen molar-refractivity contribution >= 4 is 11.9 Å². The van der Waals surface area contributed by atoms with Gasteiger partial charge in [-0.3, -0.25) is 14.9 Å². The third-order valence-corrected chi connectivity index (χ3v) is 3.41. The molecule has 0 spiro atoms. The van der Waals surface area contributed by atoms with E-state index in [0.29, 0.717) is 25.4 Å². The molecule has 0 radical (unpaired) electrons. The zero-order valence-corrected chi connectivity index (χ0v) is 10.5. The van der Waals surface area contributed by atoms with Gasteiger partial charge >= 0.3 is 11.9 Å². The predicted octanol–water partition coefficient (Wildman–Crippen LogP) is 1.17. The molecule has 0 heterocycles. The van der Waals surface area contributed by atoms with E-state index >= 15 is 0 Å². The third kappa shape index (κ3) is 3.70. The summed E-state index contributed by atoms with van der Waals surface area (Å²) < 4.78 is 4.78. The highest BCUT2D eigenvalue weighted by Gasteiger charge is 2.41. The Balaban J connectivity index is 2.54. The summed E-state index contributed by atoms with van der Waals surface area (Å²) in [5, 5.41) is 12.2. The molecule has 5 nitrogen and oxygen atoms in total. The van der Waals surface area contributed by atoms with Gasteiger partial charge in [0.15, 0.2) is 0 Å². The number of nitrogens with one attached hydrogen (secondary N) is 1. The fourth-order valence-electron chi connectivity index (χ4n) is 2.17. The Hall–Kier alpha value is -1.10. The van der Waals surface area contributed by atoms with E-state index in [1.54, 1.807) is 6.92 Å². The Bertz CT molecular complexity index is 282. The molecule has 0 saturated heterocycles. The molecule has 0 atom stereocenters. The molecule has 2 N–H and O–H groups in total. The fourth-order valence-corrected chi connectivity index (χ4v) is 2.17. The van der Waals surface area contributed by atoms with E-state index in [1.807, 2.05) is 0 Å². The van der Waals surface area contributed by atoms with Crippen LogP contribution in [0.2, 0.25) is 0 Å². The lowest BCUT2D eigenvalue weighted by Gasteiger charge is -2.36. The Labute approximate surface area is 102 Å². The van der Waals surface area contributed by atoms with Crippen molar-refractivity contribution in [2.24, 2.45) is 5.92 Å². The largest absolute Gasteiger partial charge is 0.480 e. The first kappa shape index (κ1) is 14.0. The van der Waals surface area contributed by atoms with Crippen molar-refractivity contribution in [2.75, 3.05) is 13.2 Å². The van der Waals surface area contributed by atoms with Crippen LogP contribution in [0.15, 0.2) is 0 Å². The first-order valence-electron chi connectivity index (χ1n) is 6.14. The smallest absolute Gasteiger partial charge is 0.323 e. The Kier molecular flexibility index (Phi) is 4.93. The molecular weight excluding hydrogens is 222 g/mol. The van der Waals surface area contributed by atoms with Crippen molar-refractivity contribution in [2.45, 2.75) is 45.1 Å². The van der Waals surface area contributed by atoms with E-state index in [1.165, 1.54) is 0 Å². The number of hydrogen-bond acceptors (Lipinski definition) is 4. The number of carboxylic acid groups (broad SMARTS) is 1. The Morgan fingerprint density at radius 3 is 2.47 bits per heavy atom. The lowest BCUT2D eigenvalue weighted by Crippen LogP contribution is -2.55. The number of aliphatic carboxylic acids is 1. The van der Waals surface area contributed by atoms with E-state index < -0.39 is 17.5 Å². The van der Waals surface area contributed by atoms with Crippen molar-refractivity contribution in [3.8, 4) is 0 Å². The summed E-state index contributed by atoms with van der Waals surface area (Å²) in [5.74, 6) is -0.702. The standard InChI is InChI=1S/C12H21NO4/c1-3-17-10(14)8-13-12(11(15)16)6-4-9(2)5-7-12/h9,13H,3-8H2,1-2H3,(H,15,16). The van der Waals surface area contributed by atoms with Crippen molar-refractivity contribution in [1.29, 1.82) is 0 Å². The van der Waals surface area contributed by atoms with Crippen LogP contribution in [0.3, 0.4) is 0 Å². The van der Waals surface area contributed by atoms with Gasteiger partial charge in [-0.25, -0.2) is 0 Å². The van der Waals surface area contributed by atoms with E-state index in [2.05, 4.69) is 12.2 Å². The van der Waals surface area contributed by atoms with E-state index in [0.717, 1.165) is 12.8 Å². The van der Waals surface area contributed by atoms with Gasteiger partial charge in [0.05, 0.1) is 13.2 Å². The first-order valence-corrected chi connectivity index (χ1v) is 6.14. The van der Waals surface area contributed by atoms with Crippen molar-refractivity contribution in [3.05, 3.63) is 0 Å². The molecule has 98 valence electrons. The number of carbonyl (C=O) groups is 2. The molecule has 1 fully saturated rings. The Morgan fingerprint density at radius 2 is 2.00 bits per heavy atom. The van der Waals surface area contributed by atoms with Crippen molar-refractivity contribution in [1.82, 2.24) is 5.32 Å². The van der Waals surface area contributed by atoms with Gasteiger partial charge in [-0.15, -0.1) is 0 Å². The van der Waals surface area contributed by atoms with Gasteiger partial charge in [0.25, 0.3) is 0 Å². The van der Waals surface area contributed by atoms with Crippen molar-refractivity contribution in [3.63, 3.8) is 0 Å². The molecule has 17 heavy (non-hydrogen) atoms. The third-order valence-electron chi connectivity index (χ3n) is 3.41. The maximum Gasteiger partial charge on any atom is 0.323 e. The van der Waals surface area contributed by atoms with Gasteiger partial charge in [0.1, 0.15) is 5.54 Å². The summed E-state index contributed by atoms with van der Waals surface area (Å²) >= 11 is 0. The maximum absolute atomic E-state index is 11.3. The van der Waals surface area contributed by atoms with E-state index in [9.17, 15) is 14.7 Å². The molecule has 0 amide bonds. The minimum Gasteiger partial charge on any atom is -0.480 e. The minimum atomic E-state index is -0.945. The van der Waals surface area contributed by atoms with Gasteiger partial charge in [0, 0.05) is 0 Å². The molecule has 0 aromatic carbocycles. The van der Waals surface area contributed by atoms with Crippen LogP contribution >= 0.6 is 0 Å². The number of hydrogen-bond donors (Lipinski definition) is 2. The summed E-state index contributed by atoms with van der Waals surface area (Å²) in [7, 11) is 0. The quantitative estimate of drug-likeness (QED) is 0.709. The number of carbonyl (C=O) groups excluding carboxylic acids is 1. The van der Waals surface area contributed by atoms with Gasteiger partial charge in [0.2, 0.25) is 0 Å². The van der Waals surface area contributed by atoms with Crippen LogP contribution in [-0.2, 0) is 14.3 Å². The van der Waals surface area contributed by atoms with Crippen LogP contribution in [0.1, 0.15) is 39.5 Å². The molecule has 0 bridgehead atoms. The predicted molar refractivity (Wildman–Crippen MR) is 62.6 cm³/mol. The SMILES string of the molecule is CCOC(=O)CNC1(C(=O)O)CCC(C)CC1. The summed E-state index contributed by atoms with van der Waals surface area (Å²) in [4.78, 5) is 22.6. The highest BCUT2D eigenvalue weighted by Crippen LogP contribution is 2.32. The van der Waals surface area contributed by atoms with Gasteiger partial charge in [-0.05, 0) is 38.5 Å². The Morgan fingerprint density at radius 1 is 1.41 bits per heavy atom. The average molecular weight is 243 g/mol. The van der Waals surface area contributed by atoms with Crippen LogP contribution in [0.4, 0.5) is 0 Å². The lowest BCUT2D eigenvalue weighted by atomic mass is 9.77. The summed E-state index contributed by atoms with van der Waals surface area (Å²) in [6, 6.07) is 0. The zero-order valence-electron chi connectivity index (χ0n) is 10.5. The van der Waals surface area contributed by atoms with Gasteiger partial charge < -0.3 is 9.84 Å².